The van der Waals surface area contributed by atoms with Crippen molar-refractivity contribution in [3.05, 3.63) is 64.8 Å². The van der Waals surface area contributed by atoms with E-state index in [1.54, 1.807) is 17.3 Å². The fraction of sp³-hybridized carbons (Fsp3) is 0.263. The van der Waals surface area contributed by atoms with E-state index in [0.717, 1.165) is 17.1 Å². The van der Waals surface area contributed by atoms with Crippen molar-refractivity contribution in [3.8, 4) is 11.3 Å². The Balaban J connectivity index is 1.40. The van der Waals surface area contributed by atoms with Gasteiger partial charge in [-0.05, 0) is 30.3 Å². The number of carbonyl (C=O) groups excluding carboxylic acids is 1. The first-order valence-electron chi connectivity index (χ1n) is 8.94. The number of nitrogens with zero attached hydrogens (tertiary/aromatic N) is 7. The summed E-state index contributed by atoms with van der Waals surface area (Å²) < 4.78 is 1.17. The van der Waals surface area contributed by atoms with Crippen LogP contribution in [0.2, 0.25) is 0 Å². The number of piperazine rings is 1. The Bertz CT molecular complexity index is 1030. The maximum Gasteiger partial charge on any atom is 0.274 e. The van der Waals surface area contributed by atoms with Gasteiger partial charge in [0.25, 0.3) is 11.5 Å². The van der Waals surface area contributed by atoms with Gasteiger partial charge in [-0.25, -0.2) is 4.68 Å². The Labute approximate surface area is 161 Å². The van der Waals surface area contributed by atoms with E-state index < -0.39 is 0 Å². The number of hydrogen-bond acceptors (Lipinski definition) is 7. The molecule has 1 saturated heterocycles. The average Bonchev–Trinajstić information content (AvgIpc) is 2.76. The van der Waals surface area contributed by atoms with Gasteiger partial charge in [-0.2, -0.15) is 5.10 Å². The van der Waals surface area contributed by atoms with Gasteiger partial charge in [0.1, 0.15) is 5.69 Å². The largest absolute Gasteiger partial charge is 0.352 e. The summed E-state index contributed by atoms with van der Waals surface area (Å²) in [5.74, 6) is 0.611. The van der Waals surface area contributed by atoms with E-state index in [1.807, 2.05) is 24.3 Å². The summed E-state index contributed by atoms with van der Waals surface area (Å²) >= 11 is 0. The summed E-state index contributed by atoms with van der Waals surface area (Å²) in [5.41, 5.74) is 1.79. The van der Waals surface area contributed by atoms with Gasteiger partial charge in [0, 0.05) is 57.3 Å². The fourth-order valence-corrected chi connectivity index (χ4v) is 3.09. The van der Waals surface area contributed by atoms with Crippen LogP contribution >= 0.6 is 0 Å². The number of pyridine rings is 1. The molecule has 4 rings (SSSR count). The second kappa shape index (κ2) is 7.55. The van der Waals surface area contributed by atoms with Crippen LogP contribution in [-0.2, 0) is 7.05 Å². The highest BCUT2D eigenvalue weighted by molar-refractivity contribution is 5.92. The van der Waals surface area contributed by atoms with Crippen LogP contribution < -0.4 is 10.5 Å². The smallest absolute Gasteiger partial charge is 0.274 e. The second-order valence-corrected chi connectivity index (χ2v) is 6.47. The molecule has 4 heterocycles. The van der Waals surface area contributed by atoms with Gasteiger partial charge in [0.05, 0.1) is 5.69 Å². The van der Waals surface area contributed by atoms with Crippen LogP contribution in [0.4, 0.5) is 5.82 Å². The quantitative estimate of drug-likeness (QED) is 0.659. The SMILES string of the molecule is Cn1nc(C(=O)N2CCN(c3ccc(-c4ccncc4)nn3)CC2)ccc1=O. The molecule has 3 aromatic rings. The number of hydrogen-bond donors (Lipinski definition) is 0. The Kier molecular flexibility index (Phi) is 4.79. The molecular formula is C19H19N7O2. The number of carbonyl (C=O) groups is 1. The van der Waals surface area contributed by atoms with Crippen molar-refractivity contribution in [3.63, 3.8) is 0 Å². The molecule has 3 aromatic heterocycles. The zero-order valence-electron chi connectivity index (χ0n) is 15.4. The van der Waals surface area contributed by atoms with Crippen LogP contribution in [0.15, 0.2) is 53.6 Å². The summed E-state index contributed by atoms with van der Waals surface area (Å²) in [6, 6.07) is 10.5. The molecule has 0 saturated carbocycles. The lowest BCUT2D eigenvalue weighted by Crippen LogP contribution is -2.49. The highest BCUT2D eigenvalue weighted by atomic mass is 16.2. The summed E-state index contributed by atoms with van der Waals surface area (Å²) in [6.07, 6.45) is 3.45. The molecule has 0 aromatic carbocycles. The van der Waals surface area contributed by atoms with Crippen LogP contribution in [0, 0.1) is 0 Å². The molecule has 0 atom stereocenters. The van der Waals surface area contributed by atoms with Crippen LogP contribution in [0.5, 0.6) is 0 Å². The highest BCUT2D eigenvalue weighted by Crippen LogP contribution is 2.19. The molecule has 9 heteroatoms. The first-order valence-corrected chi connectivity index (χ1v) is 8.94. The number of anilines is 1. The lowest BCUT2D eigenvalue weighted by atomic mass is 10.2. The summed E-state index contributed by atoms with van der Waals surface area (Å²) in [5, 5.41) is 12.7. The van der Waals surface area contributed by atoms with Crippen LogP contribution in [0.25, 0.3) is 11.3 Å². The maximum absolute atomic E-state index is 12.6. The molecular weight excluding hydrogens is 358 g/mol. The molecule has 1 amide bonds. The lowest BCUT2D eigenvalue weighted by molar-refractivity contribution is 0.0738. The molecule has 0 N–H and O–H groups in total. The summed E-state index contributed by atoms with van der Waals surface area (Å²) in [6.45, 7) is 2.41. The summed E-state index contributed by atoms with van der Waals surface area (Å²) in [7, 11) is 1.53. The first-order chi connectivity index (χ1) is 13.6. The molecule has 0 aliphatic carbocycles. The van der Waals surface area contributed by atoms with Crippen molar-refractivity contribution in [2.75, 3.05) is 31.1 Å². The van der Waals surface area contributed by atoms with Gasteiger partial charge in [0.15, 0.2) is 5.82 Å². The molecule has 0 unspecified atom stereocenters. The van der Waals surface area contributed by atoms with E-state index in [1.165, 1.54) is 23.9 Å². The molecule has 0 bridgehead atoms. The van der Waals surface area contributed by atoms with E-state index in [9.17, 15) is 9.59 Å². The minimum absolute atomic E-state index is 0.172. The fourth-order valence-electron chi connectivity index (χ4n) is 3.09. The predicted octanol–water partition coefficient (Wildman–Crippen LogP) is 0.595. The number of aryl methyl sites for hydroxylation is 1. The predicted molar refractivity (Wildman–Crippen MR) is 103 cm³/mol. The van der Waals surface area contributed by atoms with Crippen molar-refractivity contribution in [1.29, 1.82) is 0 Å². The lowest BCUT2D eigenvalue weighted by Gasteiger charge is -2.35. The Morgan fingerprint density at radius 1 is 0.929 bits per heavy atom. The van der Waals surface area contributed by atoms with Crippen molar-refractivity contribution >= 4 is 11.7 Å². The van der Waals surface area contributed by atoms with Gasteiger partial charge < -0.3 is 9.80 Å². The van der Waals surface area contributed by atoms with Crippen LogP contribution in [0.3, 0.4) is 0 Å². The van der Waals surface area contributed by atoms with Crippen molar-refractivity contribution < 1.29 is 4.79 Å². The molecule has 0 spiro atoms. The van der Waals surface area contributed by atoms with E-state index in [0.29, 0.717) is 26.2 Å². The van der Waals surface area contributed by atoms with Crippen molar-refractivity contribution in [1.82, 2.24) is 29.9 Å². The van der Waals surface area contributed by atoms with Gasteiger partial charge in [-0.1, -0.05) is 0 Å². The molecule has 1 aliphatic rings. The minimum atomic E-state index is -0.241. The monoisotopic (exact) mass is 377 g/mol. The number of aromatic nitrogens is 5. The Hall–Kier alpha value is -3.62. The topological polar surface area (TPSA) is 97.1 Å². The normalized spacial score (nSPS) is 14.2. The minimum Gasteiger partial charge on any atom is -0.352 e. The molecule has 1 fully saturated rings. The third-order valence-electron chi connectivity index (χ3n) is 4.70. The molecule has 0 radical (unpaired) electrons. The molecule has 28 heavy (non-hydrogen) atoms. The second-order valence-electron chi connectivity index (χ2n) is 6.47. The van der Waals surface area contributed by atoms with Gasteiger partial charge in [-0.15, -0.1) is 10.2 Å². The van der Waals surface area contributed by atoms with Crippen LogP contribution in [-0.4, -0.2) is 61.9 Å². The number of amides is 1. The first kappa shape index (κ1) is 17.8. The number of rotatable bonds is 3. The standard InChI is InChI=1S/C19H19N7O2/c1-24-18(27)5-3-16(23-24)19(28)26-12-10-25(11-13-26)17-4-2-15(21-22-17)14-6-8-20-9-7-14/h2-9H,10-13H2,1H3. The van der Waals surface area contributed by atoms with Crippen molar-refractivity contribution in [2.24, 2.45) is 7.05 Å². The Morgan fingerprint density at radius 3 is 2.32 bits per heavy atom. The third kappa shape index (κ3) is 3.59. The average molecular weight is 377 g/mol. The zero-order chi connectivity index (χ0) is 19.5. The molecule has 142 valence electrons. The van der Waals surface area contributed by atoms with Gasteiger partial charge in [0.2, 0.25) is 0 Å². The molecule has 9 nitrogen and oxygen atoms in total. The zero-order valence-corrected chi connectivity index (χ0v) is 15.4. The highest BCUT2D eigenvalue weighted by Gasteiger charge is 2.24. The Morgan fingerprint density at radius 2 is 1.68 bits per heavy atom. The van der Waals surface area contributed by atoms with E-state index in [4.69, 9.17) is 0 Å². The van der Waals surface area contributed by atoms with Crippen LogP contribution in [0.1, 0.15) is 10.5 Å². The molecule has 1 aliphatic heterocycles. The van der Waals surface area contributed by atoms with Gasteiger partial charge >= 0.3 is 0 Å². The van der Waals surface area contributed by atoms with Gasteiger partial charge in [-0.3, -0.25) is 14.6 Å². The summed E-state index contributed by atoms with van der Waals surface area (Å²) in [4.78, 5) is 31.9. The van der Waals surface area contributed by atoms with E-state index in [2.05, 4.69) is 25.2 Å². The third-order valence-corrected chi connectivity index (χ3v) is 4.70. The maximum atomic E-state index is 12.6. The van der Waals surface area contributed by atoms with E-state index in [-0.39, 0.29) is 17.2 Å². The van der Waals surface area contributed by atoms with Crippen molar-refractivity contribution in [2.45, 2.75) is 0 Å². The van der Waals surface area contributed by atoms with E-state index >= 15 is 0 Å².